The van der Waals surface area contributed by atoms with Crippen LogP contribution < -0.4 is 5.73 Å². The summed E-state index contributed by atoms with van der Waals surface area (Å²) < 4.78 is 1.85. The zero-order valence-corrected chi connectivity index (χ0v) is 10.4. The zero-order valence-electron chi connectivity index (χ0n) is 8.88. The number of hydrogen-bond acceptors (Lipinski definition) is 5. The van der Waals surface area contributed by atoms with E-state index in [1.807, 2.05) is 10.7 Å². The van der Waals surface area contributed by atoms with Crippen LogP contribution in [0.15, 0.2) is 28.3 Å². The summed E-state index contributed by atoms with van der Waals surface area (Å²) in [5, 5.41) is 13.1. The summed E-state index contributed by atoms with van der Waals surface area (Å²) in [5.41, 5.74) is 6.58. The van der Waals surface area contributed by atoms with Crippen LogP contribution in [0.4, 0.5) is 5.69 Å². The van der Waals surface area contributed by atoms with E-state index in [4.69, 9.17) is 17.3 Å². The quantitative estimate of drug-likeness (QED) is 0.865. The van der Waals surface area contributed by atoms with Gasteiger partial charge in [-0.1, -0.05) is 11.6 Å². The molecule has 0 aliphatic heterocycles. The number of nitrogens with two attached hydrogens (primary N) is 1. The molecule has 2 N–H and O–H groups in total. The summed E-state index contributed by atoms with van der Waals surface area (Å²) in [6, 6.07) is 5.83. The minimum Gasteiger partial charge on any atom is -0.398 e. The van der Waals surface area contributed by atoms with Crippen molar-refractivity contribution in [3.8, 4) is 0 Å². The Morgan fingerprint density at radius 2 is 2.24 bits per heavy atom. The second kappa shape index (κ2) is 4.19. The predicted molar refractivity (Wildman–Crippen MR) is 66.1 cm³/mol. The van der Waals surface area contributed by atoms with Crippen molar-refractivity contribution in [3.63, 3.8) is 0 Å². The van der Waals surface area contributed by atoms with Gasteiger partial charge >= 0.3 is 0 Å². The fraction of sp³-hybridized carbons (Fsp3) is 0.300. The first-order valence-electron chi connectivity index (χ1n) is 5.25. The smallest absolute Gasteiger partial charge is 0.214 e. The summed E-state index contributed by atoms with van der Waals surface area (Å²) in [7, 11) is 0. The normalized spacial score (nSPS) is 15.1. The molecule has 7 heteroatoms. The van der Waals surface area contributed by atoms with E-state index in [0.29, 0.717) is 16.8 Å². The summed E-state index contributed by atoms with van der Waals surface area (Å²) in [6.07, 6.45) is 2.28. The molecule has 5 nitrogen and oxygen atoms in total. The van der Waals surface area contributed by atoms with Gasteiger partial charge in [0.2, 0.25) is 5.16 Å². The van der Waals surface area contributed by atoms with Crippen LogP contribution in [0.25, 0.3) is 0 Å². The molecule has 1 saturated carbocycles. The molecule has 3 rings (SSSR count). The third-order valence-electron chi connectivity index (χ3n) is 2.53. The van der Waals surface area contributed by atoms with Crippen molar-refractivity contribution in [1.29, 1.82) is 0 Å². The highest BCUT2D eigenvalue weighted by molar-refractivity contribution is 7.99. The first kappa shape index (κ1) is 10.9. The lowest BCUT2D eigenvalue weighted by Gasteiger charge is -2.05. The molecule has 1 aliphatic carbocycles. The largest absolute Gasteiger partial charge is 0.398 e. The average molecular weight is 268 g/mol. The number of rotatable bonds is 3. The predicted octanol–water partition coefficient (Wildman–Crippen LogP) is 2.39. The van der Waals surface area contributed by atoms with E-state index in [1.165, 1.54) is 11.8 Å². The van der Waals surface area contributed by atoms with Gasteiger partial charge in [0.25, 0.3) is 0 Å². The third kappa shape index (κ3) is 2.23. The van der Waals surface area contributed by atoms with E-state index in [1.54, 1.807) is 12.1 Å². The second-order valence-corrected chi connectivity index (χ2v) is 5.37. The molecule has 1 heterocycles. The maximum atomic E-state index is 5.94. The zero-order chi connectivity index (χ0) is 11.8. The van der Waals surface area contributed by atoms with Gasteiger partial charge in [-0.25, -0.2) is 4.68 Å². The minimum atomic E-state index is 0.452. The summed E-state index contributed by atoms with van der Waals surface area (Å²) in [5.74, 6) is 0. The number of anilines is 1. The van der Waals surface area contributed by atoms with Crippen LogP contribution in [0.2, 0.25) is 5.02 Å². The monoisotopic (exact) mass is 267 g/mol. The summed E-state index contributed by atoms with van der Waals surface area (Å²) >= 11 is 7.39. The molecule has 17 heavy (non-hydrogen) atoms. The van der Waals surface area contributed by atoms with Crippen molar-refractivity contribution in [1.82, 2.24) is 20.2 Å². The molecule has 1 aliphatic rings. The molecular weight excluding hydrogens is 258 g/mol. The van der Waals surface area contributed by atoms with Crippen LogP contribution in [0, 0.1) is 0 Å². The SMILES string of the molecule is Nc1ccc(Cl)cc1Sc1nnnn1C1CC1. The highest BCUT2D eigenvalue weighted by Gasteiger charge is 2.28. The lowest BCUT2D eigenvalue weighted by molar-refractivity contribution is 0.565. The molecule has 0 spiro atoms. The Morgan fingerprint density at radius 1 is 1.41 bits per heavy atom. The van der Waals surface area contributed by atoms with Gasteiger partial charge in [-0.05, 0) is 53.2 Å². The summed E-state index contributed by atoms with van der Waals surface area (Å²) in [4.78, 5) is 0.884. The van der Waals surface area contributed by atoms with Crippen molar-refractivity contribution < 1.29 is 0 Å². The molecule has 0 amide bonds. The number of tetrazole rings is 1. The van der Waals surface area contributed by atoms with Crippen molar-refractivity contribution >= 4 is 29.1 Å². The number of aromatic nitrogens is 4. The van der Waals surface area contributed by atoms with E-state index in [0.717, 1.165) is 22.9 Å². The van der Waals surface area contributed by atoms with Crippen molar-refractivity contribution in [2.75, 3.05) is 5.73 Å². The standard InChI is InChI=1S/C10H10ClN5S/c11-6-1-4-8(12)9(5-6)17-10-13-14-15-16(10)7-2-3-7/h1,4-5,7H,2-3,12H2. The molecule has 0 radical (unpaired) electrons. The van der Waals surface area contributed by atoms with Crippen LogP contribution >= 0.6 is 23.4 Å². The maximum Gasteiger partial charge on any atom is 0.214 e. The molecular formula is C10H10ClN5S. The van der Waals surface area contributed by atoms with Crippen LogP contribution in [0.5, 0.6) is 0 Å². The van der Waals surface area contributed by atoms with Gasteiger partial charge in [0, 0.05) is 15.6 Å². The van der Waals surface area contributed by atoms with Crippen LogP contribution in [-0.2, 0) is 0 Å². The molecule has 1 fully saturated rings. The van der Waals surface area contributed by atoms with Gasteiger partial charge in [0.1, 0.15) is 0 Å². The lowest BCUT2D eigenvalue weighted by atomic mass is 10.3. The number of halogens is 1. The van der Waals surface area contributed by atoms with E-state index < -0.39 is 0 Å². The van der Waals surface area contributed by atoms with Crippen molar-refractivity contribution in [2.45, 2.75) is 28.9 Å². The number of benzene rings is 1. The van der Waals surface area contributed by atoms with Crippen LogP contribution in [0.3, 0.4) is 0 Å². The Bertz CT molecular complexity index is 551. The van der Waals surface area contributed by atoms with Crippen molar-refractivity contribution in [3.05, 3.63) is 23.2 Å². The molecule has 0 saturated heterocycles. The minimum absolute atomic E-state index is 0.452. The van der Waals surface area contributed by atoms with Gasteiger partial charge in [-0.2, -0.15) is 0 Å². The van der Waals surface area contributed by atoms with Crippen molar-refractivity contribution in [2.24, 2.45) is 0 Å². The van der Waals surface area contributed by atoms with E-state index in [9.17, 15) is 0 Å². The number of nitrogen functional groups attached to an aromatic ring is 1. The maximum absolute atomic E-state index is 5.94. The Morgan fingerprint density at radius 3 is 3.00 bits per heavy atom. The van der Waals surface area contributed by atoms with E-state index >= 15 is 0 Å². The number of nitrogens with zero attached hydrogens (tertiary/aromatic N) is 4. The Kier molecular flexibility index (Phi) is 2.68. The second-order valence-electron chi connectivity index (χ2n) is 3.92. The first-order valence-corrected chi connectivity index (χ1v) is 6.44. The van der Waals surface area contributed by atoms with Gasteiger partial charge in [-0.3, -0.25) is 0 Å². The van der Waals surface area contributed by atoms with Gasteiger partial charge in [0.15, 0.2) is 0 Å². The third-order valence-corrected chi connectivity index (χ3v) is 3.79. The number of hydrogen-bond donors (Lipinski definition) is 1. The average Bonchev–Trinajstić information content (AvgIpc) is 3.05. The molecule has 88 valence electrons. The van der Waals surface area contributed by atoms with E-state index in [2.05, 4.69) is 15.5 Å². The molecule has 0 unspecified atom stereocenters. The Hall–Kier alpha value is -1.27. The van der Waals surface area contributed by atoms with Gasteiger partial charge < -0.3 is 5.73 Å². The highest BCUT2D eigenvalue weighted by atomic mass is 35.5. The fourth-order valence-electron chi connectivity index (χ4n) is 1.50. The first-order chi connectivity index (χ1) is 8.24. The Labute approximate surface area is 107 Å². The molecule has 0 atom stereocenters. The van der Waals surface area contributed by atoms with E-state index in [-0.39, 0.29) is 0 Å². The van der Waals surface area contributed by atoms with Crippen LogP contribution in [-0.4, -0.2) is 20.2 Å². The molecule has 0 bridgehead atoms. The molecule has 1 aromatic carbocycles. The fourth-order valence-corrected chi connectivity index (χ4v) is 2.66. The molecule has 2 aromatic rings. The van der Waals surface area contributed by atoms with Gasteiger partial charge in [0.05, 0.1) is 6.04 Å². The lowest BCUT2D eigenvalue weighted by Crippen LogP contribution is -1.99. The Balaban J connectivity index is 1.90. The molecule has 1 aromatic heterocycles. The summed E-state index contributed by atoms with van der Waals surface area (Å²) in [6.45, 7) is 0. The van der Waals surface area contributed by atoms with Gasteiger partial charge in [-0.15, -0.1) is 5.10 Å². The highest BCUT2D eigenvalue weighted by Crippen LogP contribution is 2.39. The van der Waals surface area contributed by atoms with Crippen LogP contribution in [0.1, 0.15) is 18.9 Å². The topological polar surface area (TPSA) is 69.6 Å².